The molecule has 1 rings (SSSR count). The van der Waals surface area contributed by atoms with Crippen LogP contribution in [0.3, 0.4) is 0 Å². The summed E-state index contributed by atoms with van der Waals surface area (Å²) < 4.78 is 15.9. The van der Waals surface area contributed by atoms with Gasteiger partial charge in [-0.25, -0.2) is 0 Å². The predicted octanol–water partition coefficient (Wildman–Crippen LogP) is 2.36. The molecule has 29 heavy (non-hydrogen) atoms. The van der Waals surface area contributed by atoms with Crippen LogP contribution < -0.4 is 56.3 Å². The fourth-order valence-corrected chi connectivity index (χ4v) is 3.84. The van der Waals surface area contributed by atoms with Crippen molar-refractivity contribution in [2.24, 2.45) is 0 Å². The number of allylic oxidation sites excluding steroid dienone is 2. The van der Waals surface area contributed by atoms with E-state index in [-0.39, 0.29) is 70.4 Å². The topological polar surface area (TPSA) is 71.0 Å². The molecule has 0 aromatic carbocycles. The molecule has 1 fully saturated rings. The first-order valence-corrected chi connectivity index (χ1v) is 13.7. The molecule has 0 saturated carbocycles. The second-order valence-electron chi connectivity index (χ2n) is 7.66. The van der Waals surface area contributed by atoms with Gasteiger partial charge in [-0.2, -0.15) is 0 Å². The van der Waals surface area contributed by atoms with Gasteiger partial charge in [-0.05, 0) is 38.5 Å². The third kappa shape index (κ3) is 20.2. The van der Waals surface area contributed by atoms with E-state index >= 15 is 0 Å². The molecule has 0 spiro atoms. The third-order valence-electron chi connectivity index (χ3n) is 4.94. The van der Waals surface area contributed by atoms with Crippen LogP contribution in [0, 0.1) is 0 Å². The van der Waals surface area contributed by atoms with Gasteiger partial charge < -0.3 is 23.8 Å². The standard InChI is InChI=1S/C21H41O5PS.K/c1-2-3-4-5-6-7-8-9-10-11-12-13-14-15-16-17-21-24-18-20(26-21)19-25-27(22,23)28;/h9-10,20-21H,2-8,11-19H2,1H3,(H2,22,23,28);/q;+1/p-1/b10-9-;/t20-,21-;/m1./s1. The number of hydrogen-bond donors (Lipinski definition) is 1. The number of hydrogen-bond acceptors (Lipinski definition) is 5. The fourth-order valence-electron chi connectivity index (χ4n) is 3.31. The first-order chi connectivity index (χ1) is 13.5. The van der Waals surface area contributed by atoms with Crippen LogP contribution in [-0.2, 0) is 25.8 Å². The Morgan fingerprint density at radius 1 is 1.00 bits per heavy atom. The molecule has 0 radical (unpaired) electrons. The molecule has 0 aliphatic carbocycles. The summed E-state index contributed by atoms with van der Waals surface area (Å²) in [5.74, 6) is 0. The molecule has 1 heterocycles. The summed E-state index contributed by atoms with van der Waals surface area (Å²) in [6, 6.07) is 0. The van der Waals surface area contributed by atoms with E-state index in [9.17, 15) is 4.89 Å². The Bertz CT molecular complexity index is 447. The molecule has 166 valence electrons. The van der Waals surface area contributed by atoms with E-state index in [1.54, 1.807) is 0 Å². The van der Waals surface area contributed by atoms with Crippen LogP contribution in [0.5, 0.6) is 0 Å². The summed E-state index contributed by atoms with van der Waals surface area (Å²) in [6.07, 6.45) is 21.8. The van der Waals surface area contributed by atoms with Crippen molar-refractivity contribution >= 4 is 18.5 Å². The van der Waals surface area contributed by atoms with Gasteiger partial charge in [0.2, 0.25) is 0 Å². The smallest absolute Gasteiger partial charge is 0.780 e. The molecule has 3 atom stereocenters. The molecule has 0 aromatic heterocycles. The van der Waals surface area contributed by atoms with Crippen molar-refractivity contribution in [2.45, 2.75) is 109 Å². The molecule has 1 unspecified atom stereocenters. The van der Waals surface area contributed by atoms with Crippen LogP contribution in [0.15, 0.2) is 12.2 Å². The van der Waals surface area contributed by atoms with Crippen molar-refractivity contribution in [3.05, 3.63) is 12.2 Å². The Morgan fingerprint density at radius 2 is 1.55 bits per heavy atom. The van der Waals surface area contributed by atoms with E-state index in [4.69, 9.17) is 18.9 Å². The summed E-state index contributed by atoms with van der Waals surface area (Å²) in [5.41, 5.74) is 0. The molecule has 0 bridgehead atoms. The monoisotopic (exact) mass is 474 g/mol. The number of unbranched alkanes of at least 4 members (excludes halogenated alkanes) is 11. The van der Waals surface area contributed by atoms with Gasteiger partial charge in [0.25, 0.3) is 0 Å². The van der Waals surface area contributed by atoms with E-state index in [0.717, 1.165) is 12.8 Å². The molecule has 1 saturated heterocycles. The zero-order valence-electron chi connectivity index (χ0n) is 18.6. The van der Waals surface area contributed by atoms with Gasteiger partial charge >= 0.3 is 51.4 Å². The third-order valence-corrected chi connectivity index (χ3v) is 5.73. The van der Waals surface area contributed by atoms with Crippen LogP contribution in [0.2, 0.25) is 0 Å². The maximum absolute atomic E-state index is 10.9. The predicted molar refractivity (Wildman–Crippen MR) is 117 cm³/mol. The second kappa shape index (κ2) is 20.4. The summed E-state index contributed by atoms with van der Waals surface area (Å²) in [6.45, 7) is -1.18. The minimum absolute atomic E-state index is 0. The fraction of sp³-hybridized carbons (Fsp3) is 0.905. The van der Waals surface area contributed by atoms with Crippen molar-refractivity contribution in [1.82, 2.24) is 0 Å². The van der Waals surface area contributed by atoms with Crippen LogP contribution in [0.25, 0.3) is 0 Å². The van der Waals surface area contributed by atoms with Gasteiger partial charge in [0.1, 0.15) is 12.8 Å². The molecule has 1 N–H and O–H groups in total. The van der Waals surface area contributed by atoms with Crippen LogP contribution in [0.1, 0.15) is 96.8 Å². The minimum Gasteiger partial charge on any atom is -0.780 e. The molecule has 0 amide bonds. The maximum atomic E-state index is 10.9. The van der Waals surface area contributed by atoms with E-state index in [1.807, 2.05) is 0 Å². The van der Waals surface area contributed by atoms with Gasteiger partial charge in [0.15, 0.2) is 6.29 Å². The van der Waals surface area contributed by atoms with Crippen molar-refractivity contribution in [1.29, 1.82) is 0 Å². The normalized spacial score (nSPS) is 21.3. The van der Waals surface area contributed by atoms with E-state index in [2.05, 4.69) is 30.9 Å². The van der Waals surface area contributed by atoms with Gasteiger partial charge in [0.05, 0.1) is 13.2 Å². The Kier molecular flexibility index (Phi) is 21.7. The quantitative estimate of drug-likeness (QED) is 0.142. The van der Waals surface area contributed by atoms with Gasteiger partial charge in [-0.15, -0.1) is 0 Å². The molecule has 8 heteroatoms. The van der Waals surface area contributed by atoms with Gasteiger partial charge in [0, 0.05) is 0 Å². The van der Waals surface area contributed by atoms with Gasteiger partial charge in [-0.3, -0.25) is 0 Å². The largest absolute Gasteiger partial charge is 1.00 e. The average Bonchev–Trinajstić information content (AvgIpc) is 3.10. The Labute approximate surface area is 226 Å². The van der Waals surface area contributed by atoms with Crippen LogP contribution in [0.4, 0.5) is 0 Å². The molecule has 1 aliphatic heterocycles. The van der Waals surface area contributed by atoms with E-state index in [0.29, 0.717) is 6.61 Å². The number of ether oxygens (including phenoxy) is 2. The summed E-state index contributed by atoms with van der Waals surface area (Å²) in [4.78, 5) is 19.9. The minimum atomic E-state index is -3.85. The van der Waals surface area contributed by atoms with E-state index < -0.39 is 6.72 Å². The van der Waals surface area contributed by atoms with Crippen LogP contribution >= 0.6 is 6.72 Å². The van der Waals surface area contributed by atoms with Crippen molar-refractivity contribution in [3.8, 4) is 0 Å². The van der Waals surface area contributed by atoms with Gasteiger partial charge in [-0.1, -0.05) is 82.2 Å². The first-order valence-electron chi connectivity index (χ1n) is 11.1. The SMILES string of the molecule is CCCCCCCC/C=C\CCCCCCC[C@@H]1OC[C@H](COP([O-])(O)=S)O1.[K+]. The summed E-state index contributed by atoms with van der Waals surface area (Å²) >= 11 is 4.31. The summed E-state index contributed by atoms with van der Waals surface area (Å²) in [7, 11) is 0. The molecule has 1 aliphatic rings. The van der Waals surface area contributed by atoms with Crippen LogP contribution in [-0.4, -0.2) is 30.5 Å². The Hall–Kier alpha value is 1.83. The molecular formula is C21H40KO5PS. The molecule has 5 nitrogen and oxygen atoms in total. The second-order valence-corrected chi connectivity index (χ2v) is 10.2. The van der Waals surface area contributed by atoms with Crippen molar-refractivity contribution in [2.75, 3.05) is 13.2 Å². The summed E-state index contributed by atoms with van der Waals surface area (Å²) in [5, 5.41) is 0. The molecule has 0 aromatic rings. The molecular weight excluding hydrogens is 434 g/mol. The maximum Gasteiger partial charge on any atom is 1.00 e. The zero-order valence-corrected chi connectivity index (χ0v) is 23.4. The Morgan fingerprint density at radius 3 is 2.14 bits per heavy atom. The van der Waals surface area contributed by atoms with Crippen molar-refractivity contribution < 1.29 is 75.2 Å². The van der Waals surface area contributed by atoms with E-state index in [1.165, 1.54) is 77.0 Å². The Balaban J connectivity index is 0.00000784. The zero-order chi connectivity index (χ0) is 20.5. The average molecular weight is 475 g/mol. The van der Waals surface area contributed by atoms with Crippen molar-refractivity contribution in [3.63, 3.8) is 0 Å². The number of rotatable bonds is 18. The first kappa shape index (κ1) is 30.8.